The fraction of sp³-hybridized carbons (Fsp3) is 0.103. The highest BCUT2D eigenvalue weighted by Gasteiger charge is 2.25. The van der Waals surface area contributed by atoms with Crippen molar-refractivity contribution in [3.63, 3.8) is 0 Å². The highest BCUT2D eigenvalue weighted by atomic mass is 35.5. The Kier molecular flexibility index (Phi) is 5.34. The van der Waals surface area contributed by atoms with Crippen molar-refractivity contribution in [1.29, 1.82) is 0 Å². The van der Waals surface area contributed by atoms with Gasteiger partial charge in [-0.25, -0.2) is 14.4 Å². The van der Waals surface area contributed by atoms with Gasteiger partial charge < -0.3 is 9.64 Å². The zero-order valence-electron chi connectivity index (χ0n) is 19.0. The van der Waals surface area contributed by atoms with Crippen LogP contribution in [0.3, 0.4) is 0 Å². The lowest BCUT2D eigenvalue weighted by Crippen LogP contribution is -2.16. The number of benzene rings is 4. The smallest absolute Gasteiger partial charge is 0.162 e. The number of aromatic nitrogens is 2. The Hall–Kier alpha value is -3.96. The highest BCUT2D eigenvalue weighted by Crippen LogP contribution is 2.40. The summed E-state index contributed by atoms with van der Waals surface area (Å²) in [6.07, 6.45) is 0.896. The molecule has 0 saturated heterocycles. The van der Waals surface area contributed by atoms with Gasteiger partial charge in [-0.3, -0.25) is 0 Å². The van der Waals surface area contributed by atoms with E-state index in [1.165, 1.54) is 17.7 Å². The second kappa shape index (κ2) is 8.67. The lowest BCUT2D eigenvalue weighted by atomic mass is 10.0. The normalized spacial score (nSPS) is 12.7. The fourth-order valence-corrected chi connectivity index (χ4v) is 4.89. The maximum absolute atomic E-state index is 13.8. The fourth-order valence-electron chi connectivity index (χ4n) is 4.70. The van der Waals surface area contributed by atoms with Crippen LogP contribution < -0.4 is 9.64 Å². The van der Waals surface area contributed by atoms with E-state index in [1.54, 1.807) is 13.2 Å². The molecule has 0 N–H and O–H groups in total. The predicted octanol–water partition coefficient (Wildman–Crippen LogP) is 7.46. The Balaban J connectivity index is 1.57. The number of hydrogen-bond acceptors (Lipinski definition) is 4. The maximum atomic E-state index is 13.8. The first-order valence-corrected chi connectivity index (χ1v) is 11.8. The van der Waals surface area contributed by atoms with Crippen molar-refractivity contribution < 1.29 is 9.13 Å². The lowest BCUT2D eigenvalue weighted by Gasteiger charge is -2.21. The Morgan fingerprint density at radius 2 is 1.74 bits per heavy atom. The molecule has 4 nitrogen and oxygen atoms in total. The summed E-state index contributed by atoms with van der Waals surface area (Å²) in [5, 5.41) is 1.68. The molecule has 35 heavy (non-hydrogen) atoms. The Labute approximate surface area is 207 Å². The van der Waals surface area contributed by atoms with E-state index < -0.39 is 0 Å². The quantitative estimate of drug-likeness (QED) is 0.267. The van der Waals surface area contributed by atoms with Crippen molar-refractivity contribution in [2.45, 2.75) is 6.42 Å². The molecule has 6 heteroatoms. The molecule has 0 atom stereocenters. The first-order valence-electron chi connectivity index (χ1n) is 11.4. The van der Waals surface area contributed by atoms with E-state index in [-0.39, 0.29) is 5.82 Å². The van der Waals surface area contributed by atoms with Crippen molar-refractivity contribution in [1.82, 2.24) is 9.97 Å². The molecule has 0 fully saturated rings. The Morgan fingerprint density at radius 3 is 2.57 bits per heavy atom. The average molecular weight is 482 g/mol. The zero-order chi connectivity index (χ0) is 23.9. The molecule has 4 aromatic carbocycles. The van der Waals surface area contributed by atoms with Crippen LogP contribution >= 0.6 is 11.6 Å². The maximum Gasteiger partial charge on any atom is 0.162 e. The van der Waals surface area contributed by atoms with E-state index in [2.05, 4.69) is 11.0 Å². The van der Waals surface area contributed by atoms with Crippen LogP contribution in [0.5, 0.6) is 5.75 Å². The summed E-state index contributed by atoms with van der Waals surface area (Å²) in [5.74, 6) is 1.65. The number of halogens is 2. The van der Waals surface area contributed by atoms with Crippen molar-refractivity contribution in [3.8, 4) is 28.3 Å². The van der Waals surface area contributed by atoms with Crippen LogP contribution in [0.25, 0.3) is 33.4 Å². The van der Waals surface area contributed by atoms with Gasteiger partial charge in [0.1, 0.15) is 17.4 Å². The molecule has 6 rings (SSSR count). The minimum atomic E-state index is -0.338. The average Bonchev–Trinajstić information content (AvgIpc) is 3.31. The monoisotopic (exact) mass is 481 g/mol. The second-order valence-electron chi connectivity index (χ2n) is 8.49. The standard InChI is InChI=1S/C29H21ClFN3O/c1-35-27-17-22(31)9-11-23(27)19-7-10-24-25(16-19)32-28(18-5-3-2-4-6-18)33-29(24)34-14-13-20-15-21(30)8-12-26(20)34/h2-12,15-17H,13-14H2,1H3. The van der Waals surface area contributed by atoms with E-state index in [1.807, 2.05) is 60.7 Å². The van der Waals surface area contributed by atoms with Crippen LogP contribution in [0.15, 0.2) is 84.9 Å². The van der Waals surface area contributed by atoms with E-state index in [0.29, 0.717) is 11.6 Å². The summed E-state index contributed by atoms with van der Waals surface area (Å²) in [6.45, 7) is 0.809. The highest BCUT2D eigenvalue weighted by molar-refractivity contribution is 6.30. The number of anilines is 2. The number of ether oxygens (including phenoxy) is 1. The van der Waals surface area contributed by atoms with Gasteiger partial charge >= 0.3 is 0 Å². The van der Waals surface area contributed by atoms with E-state index in [9.17, 15) is 4.39 Å². The summed E-state index contributed by atoms with van der Waals surface area (Å²) < 4.78 is 19.2. The van der Waals surface area contributed by atoms with Crippen LogP contribution in [-0.4, -0.2) is 23.6 Å². The minimum Gasteiger partial charge on any atom is -0.496 e. The molecule has 0 aliphatic carbocycles. The van der Waals surface area contributed by atoms with Crippen molar-refractivity contribution >= 4 is 34.0 Å². The molecule has 0 unspecified atom stereocenters. The van der Waals surface area contributed by atoms with Crippen LogP contribution in [-0.2, 0) is 6.42 Å². The third-order valence-corrected chi connectivity index (χ3v) is 6.61. The van der Waals surface area contributed by atoms with Crippen molar-refractivity contribution in [3.05, 3.63) is 101 Å². The number of hydrogen-bond donors (Lipinski definition) is 0. The van der Waals surface area contributed by atoms with Gasteiger partial charge in [0.05, 0.1) is 12.6 Å². The summed E-state index contributed by atoms with van der Waals surface area (Å²) in [5.41, 5.74) is 5.76. The molecular formula is C29H21ClFN3O. The van der Waals surface area contributed by atoms with Gasteiger partial charge in [-0.05, 0) is 60.0 Å². The summed E-state index contributed by atoms with van der Waals surface area (Å²) in [7, 11) is 1.55. The number of nitrogens with zero attached hydrogens (tertiary/aromatic N) is 3. The van der Waals surface area contributed by atoms with Crippen LogP contribution in [0, 0.1) is 5.82 Å². The largest absolute Gasteiger partial charge is 0.496 e. The molecule has 1 aromatic heterocycles. The van der Waals surface area contributed by atoms with E-state index >= 15 is 0 Å². The van der Waals surface area contributed by atoms with Gasteiger partial charge in [0.15, 0.2) is 5.82 Å². The van der Waals surface area contributed by atoms with Crippen LogP contribution in [0.1, 0.15) is 5.56 Å². The second-order valence-corrected chi connectivity index (χ2v) is 8.92. The topological polar surface area (TPSA) is 38.2 Å². The molecule has 0 amide bonds. The number of methoxy groups -OCH3 is 1. The SMILES string of the molecule is COc1cc(F)ccc1-c1ccc2c(N3CCc4cc(Cl)ccc43)nc(-c3ccccc3)nc2c1. The van der Waals surface area contributed by atoms with Gasteiger partial charge in [0.25, 0.3) is 0 Å². The first kappa shape index (κ1) is 21.6. The molecule has 1 aliphatic rings. The summed E-state index contributed by atoms with van der Waals surface area (Å²) in [6, 6.07) is 26.6. The lowest BCUT2D eigenvalue weighted by molar-refractivity contribution is 0.413. The number of rotatable bonds is 4. The third-order valence-electron chi connectivity index (χ3n) is 6.38. The molecule has 0 saturated carbocycles. The molecular weight excluding hydrogens is 461 g/mol. The van der Waals surface area contributed by atoms with Crippen LogP contribution in [0.2, 0.25) is 5.02 Å². The van der Waals surface area contributed by atoms with Gasteiger partial charge in [-0.2, -0.15) is 0 Å². The van der Waals surface area contributed by atoms with E-state index in [4.69, 9.17) is 26.3 Å². The molecule has 1 aliphatic heterocycles. The van der Waals surface area contributed by atoms with Gasteiger partial charge in [-0.1, -0.05) is 48.0 Å². The predicted molar refractivity (Wildman–Crippen MR) is 139 cm³/mol. The molecule has 172 valence electrons. The molecule has 0 bridgehead atoms. The van der Waals surface area contributed by atoms with Gasteiger partial charge in [0, 0.05) is 39.8 Å². The molecule has 0 spiro atoms. The summed E-state index contributed by atoms with van der Waals surface area (Å²) in [4.78, 5) is 12.2. The summed E-state index contributed by atoms with van der Waals surface area (Å²) >= 11 is 6.25. The Bertz CT molecular complexity index is 1570. The van der Waals surface area contributed by atoms with Crippen molar-refractivity contribution in [2.75, 3.05) is 18.6 Å². The number of fused-ring (bicyclic) bond motifs is 2. The van der Waals surface area contributed by atoms with Crippen molar-refractivity contribution in [2.24, 2.45) is 0 Å². The molecule has 2 heterocycles. The van der Waals surface area contributed by atoms with Crippen LogP contribution in [0.4, 0.5) is 15.9 Å². The Morgan fingerprint density at radius 1 is 0.886 bits per heavy atom. The van der Waals surface area contributed by atoms with Gasteiger partial charge in [-0.15, -0.1) is 0 Å². The first-order chi connectivity index (χ1) is 17.1. The zero-order valence-corrected chi connectivity index (χ0v) is 19.8. The minimum absolute atomic E-state index is 0.338. The molecule has 0 radical (unpaired) electrons. The van der Waals surface area contributed by atoms with Gasteiger partial charge in [0.2, 0.25) is 0 Å². The van der Waals surface area contributed by atoms with E-state index in [0.717, 1.165) is 57.1 Å². The third kappa shape index (κ3) is 3.88. The molecule has 5 aromatic rings.